The van der Waals surface area contributed by atoms with E-state index in [1.54, 1.807) is 18.6 Å². The number of anilines is 4. The van der Waals surface area contributed by atoms with Crippen LogP contribution in [-0.2, 0) is 16.2 Å². The highest BCUT2D eigenvalue weighted by atomic mass is 28.3. The van der Waals surface area contributed by atoms with E-state index < -0.39 is 14.2 Å². The van der Waals surface area contributed by atoms with E-state index in [0.29, 0.717) is 58.5 Å². The zero-order valence-electron chi connectivity index (χ0n) is 27.3. The van der Waals surface area contributed by atoms with Crippen molar-refractivity contribution in [2.75, 3.05) is 79.1 Å². The van der Waals surface area contributed by atoms with Crippen molar-refractivity contribution in [1.82, 2.24) is 35.1 Å². The number of carbonyl (C=O) groups is 2. The van der Waals surface area contributed by atoms with Crippen LogP contribution in [-0.4, -0.2) is 121 Å². The number of rotatable bonds is 11. The Balaban J connectivity index is 1.08. The van der Waals surface area contributed by atoms with Crippen LogP contribution >= 0.6 is 0 Å². The van der Waals surface area contributed by atoms with Crippen molar-refractivity contribution in [1.29, 1.82) is 0 Å². The van der Waals surface area contributed by atoms with Gasteiger partial charge >= 0.3 is 12.1 Å². The first kappa shape index (κ1) is 32.7. The lowest BCUT2D eigenvalue weighted by atomic mass is 10.1. The van der Waals surface area contributed by atoms with Gasteiger partial charge in [0.15, 0.2) is 17.0 Å². The molecular formula is C30H45N11O5Si. The maximum absolute atomic E-state index is 12.9. The van der Waals surface area contributed by atoms with Gasteiger partial charge < -0.3 is 39.9 Å². The van der Waals surface area contributed by atoms with Crippen LogP contribution < -0.4 is 30.7 Å². The summed E-state index contributed by atoms with van der Waals surface area (Å²) < 4.78 is 13.8. The summed E-state index contributed by atoms with van der Waals surface area (Å²) >= 11 is 0. The summed E-state index contributed by atoms with van der Waals surface area (Å²) in [6.07, 6.45) is 3.70. The normalized spacial score (nSPS) is 17.9. The van der Waals surface area contributed by atoms with Gasteiger partial charge in [-0.25, -0.2) is 29.5 Å². The Bertz CT molecular complexity index is 1550. The summed E-state index contributed by atoms with van der Waals surface area (Å²) in [5.74, 6) is 2.06. The molecule has 0 aliphatic carbocycles. The van der Waals surface area contributed by atoms with E-state index in [1.807, 2.05) is 11.0 Å². The first-order valence-electron chi connectivity index (χ1n) is 16.3. The topological polar surface area (TPSA) is 175 Å². The van der Waals surface area contributed by atoms with Gasteiger partial charge in [0.25, 0.3) is 0 Å². The summed E-state index contributed by atoms with van der Waals surface area (Å²) in [5, 5.41) is 17.3. The summed E-state index contributed by atoms with van der Waals surface area (Å²) in [5.41, 5.74) is 2.39. The van der Waals surface area contributed by atoms with Gasteiger partial charge in [0.2, 0.25) is 5.95 Å². The number of aromatic nitrogens is 5. The Morgan fingerprint density at radius 3 is 2.49 bits per heavy atom. The molecule has 0 bridgehead atoms. The third-order valence-electron chi connectivity index (χ3n) is 8.69. The summed E-state index contributed by atoms with van der Waals surface area (Å²) in [7, 11) is -1.24. The van der Waals surface area contributed by atoms with Crippen molar-refractivity contribution in [2.45, 2.75) is 57.3 Å². The number of nitrogens with one attached hydrogen (secondary N) is 3. The van der Waals surface area contributed by atoms with Crippen molar-refractivity contribution >= 4 is 54.6 Å². The Labute approximate surface area is 274 Å². The Hall–Kier alpha value is -4.22. The van der Waals surface area contributed by atoms with Crippen LogP contribution in [0, 0.1) is 0 Å². The third kappa shape index (κ3) is 8.20. The minimum absolute atomic E-state index is 0.0119. The molecule has 0 radical (unpaired) electrons. The minimum atomic E-state index is -1.24. The van der Waals surface area contributed by atoms with E-state index in [2.05, 4.69) is 64.9 Å². The minimum Gasteiger partial charge on any atom is -0.465 e. The SMILES string of the molecule is C[Si](C)(C)CCOCn1c(N2CCC(NC(=O)Nc3cc(N4CC(NC(=O)O)C4)ccn3)CC2)nc2c(N3CCOCC3)ncnc21. The number of imidazole rings is 1. The number of hydrogen-bond donors (Lipinski definition) is 4. The van der Waals surface area contributed by atoms with Crippen molar-refractivity contribution in [3.63, 3.8) is 0 Å². The van der Waals surface area contributed by atoms with E-state index in [0.717, 1.165) is 60.6 Å². The number of piperidine rings is 1. The maximum atomic E-state index is 12.9. The summed E-state index contributed by atoms with van der Waals surface area (Å²) in [6, 6.07) is 4.28. The van der Waals surface area contributed by atoms with Crippen LogP contribution in [0.5, 0.6) is 0 Å². The van der Waals surface area contributed by atoms with Gasteiger partial charge in [0, 0.05) is 77.9 Å². The molecule has 3 aromatic heterocycles. The highest BCUT2D eigenvalue weighted by molar-refractivity contribution is 6.76. The lowest BCUT2D eigenvalue weighted by Crippen LogP contribution is -2.59. The number of fused-ring (bicyclic) bond motifs is 1. The predicted molar refractivity (Wildman–Crippen MR) is 181 cm³/mol. The summed E-state index contributed by atoms with van der Waals surface area (Å²) in [4.78, 5) is 48.9. The molecule has 0 aromatic carbocycles. The molecule has 4 N–H and O–H groups in total. The molecule has 47 heavy (non-hydrogen) atoms. The number of pyridine rings is 1. The largest absolute Gasteiger partial charge is 0.465 e. The van der Waals surface area contributed by atoms with Crippen molar-refractivity contribution in [3.8, 4) is 0 Å². The fourth-order valence-electron chi connectivity index (χ4n) is 6.02. The van der Waals surface area contributed by atoms with E-state index in [9.17, 15) is 9.59 Å². The zero-order valence-corrected chi connectivity index (χ0v) is 28.3. The predicted octanol–water partition coefficient (Wildman–Crippen LogP) is 2.62. The highest BCUT2D eigenvalue weighted by Gasteiger charge is 2.30. The lowest BCUT2D eigenvalue weighted by Gasteiger charge is -2.40. The third-order valence-corrected chi connectivity index (χ3v) is 10.4. The molecule has 0 atom stereocenters. The molecule has 3 saturated heterocycles. The molecule has 16 nitrogen and oxygen atoms in total. The summed E-state index contributed by atoms with van der Waals surface area (Å²) in [6.45, 7) is 13.4. The van der Waals surface area contributed by atoms with Crippen LogP contribution in [0.15, 0.2) is 24.7 Å². The first-order chi connectivity index (χ1) is 22.6. The van der Waals surface area contributed by atoms with Gasteiger partial charge in [-0.2, -0.15) is 0 Å². The molecule has 0 spiro atoms. The van der Waals surface area contributed by atoms with Gasteiger partial charge in [0.05, 0.1) is 19.3 Å². The fraction of sp³-hybridized carbons (Fsp3) is 0.600. The maximum Gasteiger partial charge on any atom is 0.405 e. The average molecular weight is 668 g/mol. The Morgan fingerprint density at radius 2 is 1.77 bits per heavy atom. The number of morpholine rings is 1. The van der Waals surface area contributed by atoms with Gasteiger partial charge in [-0.1, -0.05) is 19.6 Å². The van der Waals surface area contributed by atoms with E-state index >= 15 is 0 Å². The molecule has 3 fully saturated rings. The molecular weight excluding hydrogens is 622 g/mol. The van der Waals surface area contributed by atoms with E-state index in [-0.39, 0.29) is 18.1 Å². The average Bonchev–Trinajstić information content (AvgIpc) is 3.40. The first-order valence-corrected chi connectivity index (χ1v) is 20.0. The molecule has 6 rings (SSSR count). The quantitative estimate of drug-likeness (QED) is 0.174. The number of nitrogens with zero attached hydrogens (tertiary/aromatic N) is 8. The molecule has 254 valence electrons. The number of carbonyl (C=O) groups excluding carboxylic acids is 1. The fourth-order valence-corrected chi connectivity index (χ4v) is 6.77. The number of amides is 3. The number of ether oxygens (including phenoxy) is 2. The molecule has 3 aliphatic rings. The Morgan fingerprint density at radius 1 is 1.00 bits per heavy atom. The number of hydrogen-bond acceptors (Lipinski definition) is 11. The van der Waals surface area contributed by atoms with Crippen molar-refractivity contribution in [3.05, 3.63) is 24.7 Å². The second kappa shape index (κ2) is 14.3. The molecule has 0 unspecified atom stereocenters. The second-order valence-corrected chi connectivity index (χ2v) is 19.1. The van der Waals surface area contributed by atoms with Gasteiger partial charge in [-0.05, 0) is 25.0 Å². The van der Waals surface area contributed by atoms with Crippen LogP contribution in [0.3, 0.4) is 0 Å². The van der Waals surface area contributed by atoms with Crippen LogP contribution in [0.25, 0.3) is 11.2 Å². The molecule has 17 heteroatoms. The highest BCUT2D eigenvalue weighted by Crippen LogP contribution is 2.30. The number of carboxylic acid groups (broad SMARTS) is 1. The van der Waals surface area contributed by atoms with E-state index in [4.69, 9.17) is 19.6 Å². The standard InChI is InChI=1S/C30H45N11O5Si/c1-47(2,3)15-14-46-20-41-27-25(26(32-19-33-27)38-10-12-45-13-11-38)37-29(41)39-8-5-21(6-9-39)34-28(42)36-24-16-23(4-7-31-24)40-17-22(18-40)35-30(43)44/h4,7,16,19,21-22,35H,5-6,8-15,17-18,20H2,1-3H3,(H,43,44)(H2,31,34,36,42). The molecule has 0 saturated carbocycles. The van der Waals surface area contributed by atoms with Gasteiger partial charge in [-0.3, -0.25) is 9.88 Å². The molecule has 3 aromatic rings. The molecule has 3 aliphatic heterocycles. The van der Waals surface area contributed by atoms with Crippen LogP contribution in [0.4, 0.5) is 32.9 Å². The number of urea groups is 1. The smallest absolute Gasteiger partial charge is 0.405 e. The lowest BCUT2D eigenvalue weighted by molar-refractivity contribution is 0.0901. The van der Waals surface area contributed by atoms with Gasteiger partial charge in [-0.15, -0.1) is 0 Å². The zero-order chi connectivity index (χ0) is 33.0. The second-order valence-electron chi connectivity index (χ2n) is 13.5. The van der Waals surface area contributed by atoms with Gasteiger partial charge in [0.1, 0.15) is 18.9 Å². The molecule has 6 heterocycles. The van der Waals surface area contributed by atoms with E-state index in [1.165, 1.54) is 0 Å². The van der Waals surface area contributed by atoms with Crippen molar-refractivity contribution in [2.24, 2.45) is 0 Å². The monoisotopic (exact) mass is 667 g/mol. The van der Waals surface area contributed by atoms with Crippen LogP contribution in [0.2, 0.25) is 25.7 Å². The molecule has 3 amide bonds. The van der Waals surface area contributed by atoms with Crippen LogP contribution in [0.1, 0.15) is 12.8 Å². The van der Waals surface area contributed by atoms with Crippen molar-refractivity contribution < 1.29 is 24.2 Å². The Kier molecular flexibility index (Phi) is 9.93.